The maximum atomic E-state index is 11.6. The summed E-state index contributed by atoms with van der Waals surface area (Å²) in [5, 5.41) is 10.8. The van der Waals surface area contributed by atoms with Crippen molar-refractivity contribution < 1.29 is 13.9 Å². The molecule has 0 bridgehead atoms. The van der Waals surface area contributed by atoms with Gasteiger partial charge in [0.2, 0.25) is 0 Å². The second kappa shape index (κ2) is 9.14. The third-order valence-electron chi connectivity index (χ3n) is 3.04. The highest BCUT2D eigenvalue weighted by molar-refractivity contribution is 7.80. The van der Waals surface area contributed by atoms with Crippen molar-refractivity contribution in [2.24, 2.45) is 5.10 Å². The molecule has 2 rings (SSSR count). The molecule has 2 aromatic rings. The summed E-state index contributed by atoms with van der Waals surface area (Å²) < 4.78 is 14.4. The first-order valence-corrected chi connectivity index (χ1v) is 8.70. The van der Waals surface area contributed by atoms with Gasteiger partial charge in [-0.05, 0) is 56.7 Å². The second-order valence-electron chi connectivity index (χ2n) is 4.89. The molecule has 0 fully saturated rings. The smallest absolute Gasteiger partial charge is 0.412 e. The topological polar surface area (TPSA) is 101 Å². The van der Waals surface area contributed by atoms with Gasteiger partial charge in [0.25, 0.3) is 0 Å². The highest BCUT2D eigenvalue weighted by Gasteiger charge is 2.16. The summed E-state index contributed by atoms with van der Waals surface area (Å²) in [4.78, 5) is 11.6. The molecule has 0 aliphatic heterocycles. The van der Waals surface area contributed by atoms with E-state index in [4.69, 9.17) is 21.4 Å². The van der Waals surface area contributed by atoms with Crippen LogP contribution in [0.25, 0.3) is 0 Å². The lowest BCUT2D eigenvalue weighted by molar-refractivity contribution is 0.168. The summed E-state index contributed by atoms with van der Waals surface area (Å²) in [5.74, 6) is 0.767. The van der Waals surface area contributed by atoms with Gasteiger partial charge in [0.15, 0.2) is 5.11 Å². The lowest BCUT2D eigenvalue weighted by Crippen LogP contribution is -2.32. The molecule has 134 valence electrons. The molecule has 2 heterocycles. The largest absolute Gasteiger partial charge is 0.467 e. The van der Waals surface area contributed by atoms with Crippen molar-refractivity contribution in [3.05, 3.63) is 35.4 Å². The Labute approximate surface area is 154 Å². The highest BCUT2D eigenvalue weighted by Crippen LogP contribution is 2.25. The SMILES string of the molecule is CCOC(=O)Nc1snc(C)c1/C(C)=N/NC(=S)NCc1ccco1. The van der Waals surface area contributed by atoms with Gasteiger partial charge in [0.1, 0.15) is 10.8 Å². The number of anilines is 1. The Balaban J connectivity index is 1.97. The van der Waals surface area contributed by atoms with Gasteiger partial charge in [0, 0.05) is 0 Å². The summed E-state index contributed by atoms with van der Waals surface area (Å²) in [5.41, 5.74) is 4.90. The van der Waals surface area contributed by atoms with Crippen LogP contribution in [0.1, 0.15) is 30.9 Å². The average Bonchev–Trinajstić information content (AvgIpc) is 3.21. The molecule has 0 saturated carbocycles. The molecule has 10 heteroatoms. The van der Waals surface area contributed by atoms with Gasteiger partial charge in [-0.25, -0.2) is 4.79 Å². The molecular formula is C15H19N5O3S2. The predicted molar refractivity (Wildman–Crippen MR) is 101 cm³/mol. The van der Waals surface area contributed by atoms with E-state index in [-0.39, 0.29) is 0 Å². The van der Waals surface area contributed by atoms with Gasteiger partial charge >= 0.3 is 6.09 Å². The maximum absolute atomic E-state index is 11.6. The van der Waals surface area contributed by atoms with E-state index in [1.165, 1.54) is 11.5 Å². The first-order chi connectivity index (χ1) is 12.0. The van der Waals surface area contributed by atoms with Crippen LogP contribution in [0.4, 0.5) is 9.80 Å². The van der Waals surface area contributed by atoms with E-state index in [2.05, 4.69) is 25.5 Å². The molecule has 0 aliphatic rings. The molecule has 3 N–H and O–H groups in total. The molecular weight excluding hydrogens is 362 g/mol. The van der Waals surface area contributed by atoms with Crippen LogP contribution in [-0.4, -0.2) is 27.9 Å². The average molecular weight is 381 g/mol. The number of thiocarbonyl (C=S) groups is 1. The van der Waals surface area contributed by atoms with Crippen LogP contribution in [-0.2, 0) is 11.3 Å². The molecule has 0 aromatic carbocycles. The number of hydrazone groups is 1. The Kier molecular flexibility index (Phi) is 6.90. The third-order valence-corrected chi connectivity index (χ3v) is 4.13. The van der Waals surface area contributed by atoms with Crippen molar-refractivity contribution in [2.75, 3.05) is 11.9 Å². The zero-order valence-electron chi connectivity index (χ0n) is 14.1. The van der Waals surface area contributed by atoms with Crippen LogP contribution in [0.5, 0.6) is 0 Å². The number of furan rings is 1. The second-order valence-corrected chi connectivity index (χ2v) is 6.07. The molecule has 0 spiro atoms. The predicted octanol–water partition coefficient (Wildman–Crippen LogP) is 3.00. The number of ether oxygens (including phenoxy) is 1. The minimum absolute atomic E-state index is 0.295. The Morgan fingerprint density at radius 2 is 2.32 bits per heavy atom. The summed E-state index contributed by atoms with van der Waals surface area (Å²) in [6, 6.07) is 3.65. The highest BCUT2D eigenvalue weighted by atomic mass is 32.1. The number of hydrogen-bond donors (Lipinski definition) is 3. The van der Waals surface area contributed by atoms with Crippen molar-refractivity contribution in [1.29, 1.82) is 0 Å². The van der Waals surface area contributed by atoms with Gasteiger partial charge in [-0.15, -0.1) is 0 Å². The van der Waals surface area contributed by atoms with Crippen LogP contribution >= 0.6 is 23.8 Å². The molecule has 8 nitrogen and oxygen atoms in total. The van der Waals surface area contributed by atoms with Crippen LogP contribution in [0.15, 0.2) is 27.9 Å². The van der Waals surface area contributed by atoms with Crippen LogP contribution in [0.3, 0.4) is 0 Å². The maximum Gasteiger partial charge on any atom is 0.412 e. The zero-order valence-corrected chi connectivity index (χ0v) is 15.7. The third kappa shape index (κ3) is 5.54. The number of amides is 1. The summed E-state index contributed by atoms with van der Waals surface area (Å²) in [6.07, 6.45) is 1.07. The van der Waals surface area contributed by atoms with E-state index in [0.29, 0.717) is 29.0 Å². The number of nitrogens with one attached hydrogen (secondary N) is 3. The Morgan fingerprint density at radius 1 is 1.52 bits per heavy atom. The van der Waals surface area contributed by atoms with Crippen LogP contribution < -0.4 is 16.1 Å². The van der Waals surface area contributed by atoms with E-state index >= 15 is 0 Å². The fraction of sp³-hybridized carbons (Fsp3) is 0.333. The van der Waals surface area contributed by atoms with Gasteiger partial charge < -0.3 is 14.5 Å². The molecule has 0 unspecified atom stereocenters. The number of nitrogens with zero attached hydrogens (tertiary/aromatic N) is 2. The fourth-order valence-corrected chi connectivity index (χ4v) is 2.90. The van der Waals surface area contributed by atoms with Crippen molar-refractivity contribution in [2.45, 2.75) is 27.3 Å². The number of carbonyl (C=O) groups is 1. The monoisotopic (exact) mass is 381 g/mol. The molecule has 0 atom stereocenters. The van der Waals surface area contributed by atoms with E-state index in [9.17, 15) is 4.79 Å². The van der Waals surface area contributed by atoms with Crippen molar-refractivity contribution >= 4 is 45.7 Å². The lowest BCUT2D eigenvalue weighted by atomic mass is 10.2. The van der Waals surface area contributed by atoms with Gasteiger partial charge in [-0.3, -0.25) is 10.7 Å². The number of rotatable bonds is 6. The lowest BCUT2D eigenvalue weighted by Gasteiger charge is -2.08. The first-order valence-electron chi connectivity index (χ1n) is 7.52. The van der Waals surface area contributed by atoms with E-state index < -0.39 is 6.09 Å². The molecule has 1 amide bonds. The van der Waals surface area contributed by atoms with Gasteiger partial charge in [-0.2, -0.15) is 9.47 Å². The van der Waals surface area contributed by atoms with Crippen molar-refractivity contribution in [1.82, 2.24) is 15.1 Å². The quantitative estimate of drug-likeness (QED) is 0.402. The van der Waals surface area contributed by atoms with E-state index in [0.717, 1.165) is 17.0 Å². The summed E-state index contributed by atoms with van der Waals surface area (Å²) in [7, 11) is 0. The van der Waals surface area contributed by atoms with Crippen LogP contribution in [0, 0.1) is 6.92 Å². The van der Waals surface area contributed by atoms with Gasteiger partial charge in [0.05, 0.1) is 36.4 Å². The Bertz CT molecular complexity index is 755. The first kappa shape index (κ1) is 18.9. The number of carbonyl (C=O) groups excluding carboxylic acids is 1. The van der Waals surface area contributed by atoms with E-state index in [1.807, 2.05) is 13.0 Å². The zero-order chi connectivity index (χ0) is 18.2. The Morgan fingerprint density at radius 3 is 3.00 bits per heavy atom. The minimum Gasteiger partial charge on any atom is -0.467 e. The Hall–Kier alpha value is -2.46. The number of aromatic nitrogens is 1. The molecule has 0 aliphatic carbocycles. The van der Waals surface area contributed by atoms with Crippen LogP contribution in [0.2, 0.25) is 0 Å². The summed E-state index contributed by atoms with van der Waals surface area (Å²) in [6.45, 7) is 6.14. The number of hydrogen-bond acceptors (Lipinski definition) is 7. The molecule has 2 aromatic heterocycles. The summed E-state index contributed by atoms with van der Waals surface area (Å²) >= 11 is 6.34. The molecule has 25 heavy (non-hydrogen) atoms. The normalized spacial score (nSPS) is 11.1. The van der Waals surface area contributed by atoms with Gasteiger partial charge in [-0.1, -0.05) is 0 Å². The van der Waals surface area contributed by atoms with Crippen molar-refractivity contribution in [3.63, 3.8) is 0 Å². The fourth-order valence-electron chi connectivity index (χ4n) is 1.95. The molecule has 0 radical (unpaired) electrons. The number of aryl methyl sites for hydroxylation is 1. The molecule has 0 saturated heterocycles. The van der Waals surface area contributed by atoms with Crippen molar-refractivity contribution in [3.8, 4) is 0 Å². The van der Waals surface area contributed by atoms with E-state index in [1.54, 1.807) is 26.2 Å². The minimum atomic E-state index is -0.524. The standard InChI is InChI=1S/C15H19N5O3S2/c1-4-22-15(21)17-13-12(10(3)20-25-13)9(2)18-19-14(24)16-8-11-6-5-7-23-11/h5-7H,4,8H2,1-3H3,(H,17,21)(H2,16,19,24)/b18-9+.